The molecule has 8 heteroatoms. The molecular formula is C23H22N2O6. The fourth-order valence-electron chi connectivity index (χ4n) is 4.42. The average Bonchev–Trinajstić information content (AvgIpc) is 3.26. The molecule has 1 amide bonds. The van der Waals surface area contributed by atoms with Crippen molar-refractivity contribution in [2.24, 2.45) is 0 Å². The van der Waals surface area contributed by atoms with Gasteiger partial charge in [-0.1, -0.05) is 0 Å². The van der Waals surface area contributed by atoms with Gasteiger partial charge in [0.15, 0.2) is 17.8 Å². The van der Waals surface area contributed by atoms with Crippen molar-refractivity contribution in [1.29, 1.82) is 0 Å². The second-order valence-electron chi connectivity index (χ2n) is 7.91. The van der Waals surface area contributed by atoms with Gasteiger partial charge in [-0.15, -0.1) is 0 Å². The Morgan fingerprint density at radius 2 is 1.94 bits per heavy atom. The van der Waals surface area contributed by atoms with Crippen LogP contribution in [0.1, 0.15) is 40.0 Å². The number of ether oxygens (including phenoxy) is 3. The van der Waals surface area contributed by atoms with Crippen LogP contribution < -0.4 is 14.2 Å². The van der Waals surface area contributed by atoms with Crippen LogP contribution in [0.15, 0.2) is 41.1 Å². The van der Waals surface area contributed by atoms with Crippen molar-refractivity contribution in [3.05, 3.63) is 47.9 Å². The third kappa shape index (κ3) is 3.28. The number of piperidine rings is 1. The van der Waals surface area contributed by atoms with Gasteiger partial charge in [0.1, 0.15) is 33.9 Å². The van der Waals surface area contributed by atoms with Crippen LogP contribution in [-0.2, 0) is 0 Å². The summed E-state index contributed by atoms with van der Waals surface area (Å²) in [5.74, 6) is 1.41. The van der Waals surface area contributed by atoms with Crippen molar-refractivity contribution in [1.82, 2.24) is 9.88 Å². The first-order valence-electron chi connectivity index (χ1n) is 10.1. The predicted octanol–water partition coefficient (Wildman–Crippen LogP) is 3.49. The monoisotopic (exact) mass is 422 g/mol. The molecule has 160 valence electrons. The summed E-state index contributed by atoms with van der Waals surface area (Å²) in [4.78, 5) is 31.9. The molecule has 1 saturated heterocycles. The SMILES string of the molecule is COc1cc(OC)c2c(c1)OC1(CCN(C(=O)c3ccc4ocnc4c3)CC1)CC2=O. The smallest absolute Gasteiger partial charge is 0.253 e. The molecule has 0 bridgehead atoms. The second kappa shape index (κ2) is 7.30. The molecule has 1 aromatic heterocycles. The zero-order valence-corrected chi connectivity index (χ0v) is 17.3. The molecule has 0 unspecified atom stereocenters. The van der Waals surface area contributed by atoms with Gasteiger partial charge in [-0.05, 0) is 18.2 Å². The van der Waals surface area contributed by atoms with Gasteiger partial charge in [0, 0.05) is 43.6 Å². The minimum atomic E-state index is -0.631. The van der Waals surface area contributed by atoms with Crippen LogP contribution in [-0.4, -0.2) is 54.5 Å². The largest absolute Gasteiger partial charge is 0.496 e. The number of fused-ring (bicyclic) bond motifs is 2. The standard InChI is InChI=1S/C23H22N2O6/c1-28-15-10-19(29-2)21-17(26)12-23(31-20(21)11-15)5-7-25(8-6-23)22(27)14-3-4-18-16(9-14)24-13-30-18/h3-4,9-11,13H,5-8,12H2,1-2H3. The van der Waals surface area contributed by atoms with Crippen molar-refractivity contribution in [3.63, 3.8) is 0 Å². The lowest BCUT2D eigenvalue weighted by Crippen LogP contribution is -2.52. The fourth-order valence-corrected chi connectivity index (χ4v) is 4.42. The number of benzene rings is 2. The maximum Gasteiger partial charge on any atom is 0.253 e. The number of Topliss-reactive ketones (excluding diaryl/α,β-unsaturated/α-hetero) is 1. The van der Waals surface area contributed by atoms with Gasteiger partial charge >= 0.3 is 0 Å². The summed E-state index contributed by atoms with van der Waals surface area (Å²) in [6.45, 7) is 0.999. The number of rotatable bonds is 3. The van der Waals surface area contributed by atoms with E-state index in [1.165, 1.54) is 13.5 Å². The first-order chi connectivity index (χ1) is 15.0. The van der Waals surface area contributed by atoms with Gasteiger partial charge in [-0.3, -0.25) is 9.59 Å². The summed E-state index contributed by atoms with van der Waals surface area (Å²) in [7, 11) is 3.08. The van der Waals surface area contributed by atoms with E-state index >= 15 is 0 Å². The number of oxazole rings is 1. The Balaban J connectivity index is 1.35. The third-order valence-electron chi connectivity index (χ3n) is 6.12. The minimum Gasteiger partial charge on any atom is -0.496 e. The maximum absolute atomic E-state index is 13.0. The molecule has 8 nitrogen and oxygen atoms in total. The maximum atomic E-state index is 13.0. The number of ketones is 1. The van der Waals surface area contributed by atoms with Gasteiger partial charge in [-0.25, -0.2) is 4.98 Å². The quantitative estimate of drug-likeness (QED) is 0.638. The van der Waals surface area contributed by atoms with Gasteiger partial charge in [-0.2, -0.15) is 0 Å². The van der Waals surface area contributed by atoms with E-state index in [2.05, 4.69) is 4.98 Å². The predicted molar refractivity (Wildman–Crippen MR) is 111 cm³/mol. The number of aromatic nitrogens is 1. The highest BCUT2D eigenvalue weighted by Crippen LogP contribution is 2.44. The minimum absolute atomic E-state index is 0.0167. The highest BCUT2D eigenvalue weighted by Gasteiger charge is 2.45. The Hall–Kier alpha value is -3.55. The number of hydrogen-bond acceptors (Lipinski definition) is 7. The van der Waals surface area contributed by atoms with Crippen LogP contribution in [0.3, 0.4) is 0 Å². The van der Waals surface area contributed by atoms with Gasteiger partial charge in [0.05, 0.1) is 20.6 Å². The summed E-state index contributed by atoms with van der Waals surface area (Å²) in [6, 6.07) is 8.64. The third-order valence-corrected chi connectivity index (χ3v) is 6.12. The van der Waals surface area contributed by atoms with Crippen LogP contribution in [0.2, 0.25) is 0 Å². The van der Waals surface area contributed by atoms with Crippen LogP contribution >= 0.6 is 0 Å². The number of carbonyl (C=O) groups excluding carboxylic acids is 2. The zero-order valence-electron chi connectivity index (χ0n) is 17.3. The molecule has 2 aliphatic rings. The Morgan fingerprint density at radius 1 is 1.13 bits per heavy atom. The number of amides is 1. The summed E-state index contributed by atoms with van der Waals surface area (Å²) in [6.07, 6.45) is 2.75. The van der Waals surface area contributed by atoms with Crippen molar-refractivity contribution in [2.45, 2.75) is 24.9 Å². The molecule has 0 atom stereocenters. The van der Waals surface area contributed by atoms with Gasteiger partial charge < -0.3 is 23.5 Å². The van der Waals surface area contributed by atoms with E-state index in [0.717, 1.165) is 0 Å². The van der Waals surface area contributed by atoms with Crippen molar-refractivity contribution >= 4 is 22.8 Å². The lowest BCUT2D eigenvalue weighted by atomic mass is 9.82. The Morgan fingerprint density at radius 3 is 2.68 bits per heavy atom. The summed E-state index contributed by atoms with van der Waals surface area (Å²) >= 11 is 0. The van der Waals surface area contributed by atoms with Crippen LogP contribution in [0.5, 0.6) is 17.2 Å². The molecule has 0 radical (unpaired) electrons. The molecular weight excluding hydrogens is 400 g/mol. The van der Waals surface area contributed by atoms with Crippen molar-refractivity contribution < 1.29 is 28.2 Å². The van der Waals surface area contributed by atoms with E-state index in [9.17, 15) is 9.59 Å². The Bertz CT molecular complexity index is 1180. The lowest BCUT2D eigenvalue weighted by Gasteiger charge is -2.44. The van der Waals surface area contributed by atoms with E-state index in [4.69, 9.17) is 18.6 Å². The molecule has 0 aliphatic carbocycles. The molecule has 31 heavy (non-hydrogen) atoms. The van der Waals surface area contributed by atoms with Gasteiger partial charge in [0.25, 0.3) is 5.91 Å². The van der Waals surface area contributed by atoms with E-state index in [1.807, 2.05) is 0 Å². The van der Waals surface area contributed by atoms with Crippen molar-refractivity contribution in [2.75, 3.05) is 27.3 Å². The number of carbonyl (C=O) groups is 2. The van der Waals surface area contributed by atoms with Crippen LogP contribution in [0.4, 0.5) is 0 Å². The van der Waals surface area contributed by atoms with Crippen LogP contribution in [0, 0.1) is 0 Å². The summed E-state index contributed by atoms with van der Waals surface area (Å²) in [5.41, 5.74) is 1.69. The van der Waals surface area contributed by atoms with E-state index < -0.39 is 5.60 Å². The number of hydrogen-bond donors (Lipinski definition) is 0. The molecule has 3 heterocycles. The van der Waals surface area contributed by atoms with Crippen molar-refractivity contribution in [3.8, 4) is 17.2 Å². The number of methoxy groups -OCH3 is 2. The summed E-state index contributed by atoms with van der Waals surface area (Å²) < 4.78 is 22.3. The molecule has 2 aromatic carbocycles. The Kier molecular flexibility index (Phi) is 4.57. The molecule has 5 rings (SSSR count). The molecule has 0 N–H and O–H groups in total. The molecule has 1 spiro atoms. The summed E-state index contributed by atoms with van der Waals surface area (Å²) in [5, 5.41) is 0. The molecule has 1 fully saturated rings. The second-order valence-corrected chi connectivity index (χ2v) is 7.91. The van der Waals surface area contributed by atoms with Gasteiger partial charge in [0.2, 0.25) is 0 Å². The average molecular weight is 422 g/mol. The first-order valence-corrected chi connectivity index (χ1v) is 10.1. The Labute approximate surface area is 178 Å². The van der Waals surface area contributed by atoms with E-state index in [-0.39, 0.29) is 18.1 Å². The molecule has 2 aliphatic heterocycles. The molecule has 3 aromatic rings. The number of nitrogens with zero attached hydrogens (tertiary/aromatic N) is 2. The van der Waals surface area contributed by atoms with E-state index in [0.29, 0.717) is 65.4 Å². The van der Waals surface area contributed by atoms with Crippen LogP contribution in [0.25, 0.3) is 11.1 Å². The first kappa shape index (κ1) is 19.4. The number of likely N-dealkylation sites (tertiary alicyclic amines) is 1. The molecule has 0 saturated carbocycles. The van der Waals surface area contributed by atoms with E-state index in [1.54, 1.807) is 42.3 Å². The topological polar surface area (TPSA) is 91.1 Å². The highest BCUT2D eigenvalue weighted by atomic mass is 16.5. The fraction of sp³-hybridized carbons (Fsp3) is 0.348. The zero-order chi connectivity index (χ0) is 21.6. The highest BCUT2D eigenvalue weighted by molar-refractivity contribution is 6.03. The lowest BCUT2D eigenvalue weighted by molar-refractivity contribution is -0.00610. The normalized spacial score (nSPS) is 17.4.